The van der Waals surface area contributed by atoms with Crippen LogP contribution in [-0.4, -0.2) is 23.6 Å². The molecule has 5 heteroatoms. The maximum absolute atomic E-state index is 13.5. The fraction of sp³-hybridized carbons (Fsp3) is 0.375. The van der Waals surface area contributed by atoms with E-state index in [1.54, 1.807) is 6.07 Å². The lowest BCUT2D eigenvalue weighted by Gasteiger charge is -2.10. The van der Waals surface area contributed by atoms with Gasteiger partial charge in [0.25, 0.3) is 0 Å². The van der Waals surface area contributed by atoms with E-state index in [2.05, 4.69) is 20.6 Å². The average Bonchev–Trinajstić information content (AvgIpc) is 3.34. The number of nitrogens with zero attached hydrogens (tertiary/aromatic N) is 2. The van der Waals surface area contributed by atoms with E-state index >= 15 is 0 Å². The third-order valence-electron chi connectivity index (χ3n) is 3.60. The second kappa shape index (κ2) is 6.08. The van der Waals surface area contributed by atoms with Crippen molar-refractivity contribution in [2.45, 2.75) is 25.2 Å². The van der Waals surface area contributed by atoms with Gasteiger partial charge in [0.05, 0.1) is 0 Å². The predicted molar refractivity (Wildman–Crippen MR) is 82.1 cm³/mol. The molecule has 1 aromatic heterocycles. The molecule has 3 rings (SSSR count). The number of hydrogen-bond donors (Lipinski definition) is 2. The number of aromatic nitrogens is 2. The largest absolute Gasteiger partial charge is 0.373 e. The van der Waals surface area contributed by atoms with Crippen LogP contribution < -0.4 is 10.6 Å². The number of halogens is 1. The minimum absolute atomic E-state index is 0.156. The van der Waals surface area contributed by atoms with Gasteiger partial charge < -0.3 is 10.6 Å². The maximum atomic E-state index is 13.5. The highest BCUT2D eigenvalue weighted by atomic mass is 19.1. The summed E-state index contributed by atoms with van der Waals surface area (Å²) in [5, 5.41) is 6.32. The summed E-state index contributed by atoms with van der Waals surface area (Å²) in [5.74, 6) is 2.87. The zero-order valence-electron chi connectivity index (χ0n) is 12.1. The van der Waals surface area contributed by atoms with Crippen LogP contribution in [0.5, 0.6) is 0 Å². The highest BCUT2D eigenvalue weighted by Crippen LogP contribution is 2.38. The second-order valence-electron chi connectivity index (χ2n) is 5.29. The van der Waals surface area contributed by atoms with Crippen LogP contribution in [0.15, 0.2) is 30.3 Å². The first kappa shape index (κ1) is 13.8. The first-order chi connectivity index (χ1) is 10.3. The lowest BCUT2D eigenvalue weighted by Crippen LogP contribution is -2.10. The van der Waals surface area contributed by atoms with Crippen molar-refractivity contribution in [2.75, 3.05) is 24.2 Å². The van der Waals surface area contributed by atoms with Crippen molar-refractivity contribution in [2.24, 2.45) is 0 Å². The van der Waals surface area contributed by atoms with Crippen molar-refractivity contribution >= 4 is 11.6 Å². The Morgan fingerprint density at radius 3 is 2.67 bits per heavy atom. The molecule has 0 atom stereocenters. The quantitative estimate of drug-likeness (QED) is 0.856. The van der Waals surface area contributed by atoms with Gasteiger partial charge in [0.15, 0.2) is 0 Å². The molecule has 2 aromatic rings. The molecule has 4 nitrogen and oxygen atoms in total. The van der Waals surface area contributed by atoms with Gasteiger partial charge in [-0.1, -0.05) is 18.2 Å². The summed E-state index contributed by atoms with van der Waals surface area (Å²) in [5.41, 5.74) is 0.718. The standard InChI is InChI=1S/C16H19FN4/c1-18-14-10-15(21-16(20-14)12-6-7-12)19-9-8-11-4-2-3-5-13(11)17/h2-5,10,12H,6-9H2,1H3,(H2,18,19,20,21). The van der Waals surface area contributed by atoms with Crippen molar-refractivity contribution in [3.8, 4) is 0 Å². The maximum Gasteiger partial charge on any atom is 0.136 e. The molecule has 0 amide bonds. The Kier molecular flexibility index (Phi) is 3.99. The van der Waals surface area contributed by atoms with Gasteiger partial charge in [-0.25, -0.2) is 14.4 Å². The Morgan fingerprint density at radius 1 is 1.19 bits per heavy atom. The molecule has 0 aliphatic heterocycles. The molecular formula is C16H19FN4. The van der Waals surface area contributed by atoms with Crippen LogP contribution in [0.2, 0.25) is 0 Å². The molecule has 0 saturated heterocycles. The molecule has 0 radical (unpaired) electrons. The van der Waals surface area contributed by atoms with E-state index in [0.717, 1.165) is 23.0 Å². The van der Waals surface area contributed by atoms with Crippen molar-refractivity contribution in [1.82, 2.24) is 9.97 Å². The van der Waals surface area contributed by atoms with E-state index in [4.69, 9.17) is 0 Å². The Labute approximate surface area is 123 Å². The van der Waals surface area contributed by atoms with Gasteiger partial charge in [0.1, 0.15) is 23.3 Å². The highest BCUT2D eigenvalue weighted by Gasteiger charge is 2.27. The predicted octanol–water partition coefficient (Wildman–Crippen LogP) is 3.19. The number of rotatable bonds is 6. The molecule has 1 aromatic carbocycles. The SMILES string of the molecule is CNc1cc(NCCc2ccccc2F)nc(C2CC2)n1. The van der Waals surface area contributed by atoms with E-state index in [1.807, 2.05) is 25.2 Å². The summed E-state index contributed by atoms with van der Waals surface area (Å²) in [6, 6.07) is 8.74. The normalized spacial score (nSPS) is 14.0. The van der Waals surface area contributed by atoms with Gasteiger partial charge in [-0.2, -0.15) is 0 Å². The summed E-state index contributed by atoms with van der Waals surface area (Å²) in [6.07, 6.45) is 2.97. The van der Waals surface area contributed by atoms with Gasteiger partial charge in [-0.05, 0) is 30.9 Å². The van der Waals surface area contributed by atoms with E-state index in [-0.39, 0.29) is 5.82 Å². The molecule has 1 fully saturated rings. The molecule has 1 aliphatic rings. The number of hydrogen-bond acceptors (Lipinski definition) is 4. The van der Waals surface area contributed by atoms with Crippen LogP contribution >= 0.6 is 0 Å². The molecule has 110 valence electrons. The van der Waals surface area contributed by atoms with Crippen molar-refractivity contribution in [3.05, 3.63) is 47.5 Å². The van der Waals surface area contributed by atoms with Crippen molar-refractivity contribution in [3.63, 3.8) is 0 Å². The third kappa shape index (κ3) is 3.48. The molecule has 2 N–H and O–H groups in total. The zero-order valence-corrected chi connectivity index (χ0v) is 12.1. The highest BCUT2D eigenvalue weighted by molar-refractivity contribution is 5.48. The Hall–Kier alpha value is -2.17. The smallest absolute Gasteiger partial charge is 0.136 e. The van der Waals surface area contributed by atoms with Crippen molar-refractivity contribution < 1.29 is 4.39 Å². The van der Waals surface area contributed by atoms with Crippen LogP contribution in [0, 0.1) is 5.82 Å². The first-order valence-electron chi connectivity index (χ1n) is 7.30. The third-order valence-corrected chi connectivity index (χ3v) is 3.60. The number of nitrogens with one attached hydrogen (secondary N) is 2. The van der Waals surface area contributed by atoms with Crippen LogP contribution in [0.3, 0.4) is 0 Å². The topological polar surface area (TPSA) is 49.8 Å². The second-order valence-corrected chi connectivity index (χ2v) is 5.29. The molecule has 0 bridgehead atoms. The monoisotopic (exact) mass is 286 g/mol. The van der Waals surface area contributed by atoms with Crippen molar-refractivity contribution in [1.29, 1.82) is 0 Å². The first-order valence-corrected chi connectivity index (χ1v) is 7.30. The molecular weight excluding hydrogens is 267 g/mol. The summed E-state index contributed by atoms with van der Waals surface area (Å²) < 4.78 is 13.5. The Bertz CT molecular complexity index is 625. The van der Waals surface area contributed by atoms with E-state index in [0.29, 0.717) is 18.9 Å². The summed E-state index contributed by atoms with van der Waals surface area (Å²) in [4.78, 5) is 9.01. The molecule has 1 aliphatic carbocycles. The lowest BCUT2D eigenvalue weighted by molar-refractivity contribution is 0.610. The minimum Gasteiger partial charge on any atom is -0.373 e. The van der Waals surface area contributed by atoms with Crippen LogP contribution in [-0.2, 0) is 6.42 Å². The van der Waals surface area contributed by atoms with Gasteiger partial charge in [-0.15, -0.1) is 0 Å². The van der Waals surface area contributed by atoms with Gasteiger partial charge in [0.2, 0.25) is 0 Å². The van der Waals surface area contributed by atoms with E-state index < -0.39 is 0 Å². The van der Waals surface area contributed by atoms with Crippen LogP contribution in [0.4, 0.5) is 16.0 Å². The van der Waals surface area contributed by atoms with E-state index in [9.17, 15) is 4.39 Å². The van der Waals surface area contributed by atoms with Gasteiger partial charge in [0, 0.05) is 25.6 Å². The zero-order chi connectivity index (χ0) is 14.7. The minimum atomic E-state index is -0.156. The molecule has 0 unspecified atom stereocenters. The Balaban J connectivity index is 1.64. The Morgan fingerprint density at radius 2 is 1.95 bits per heavy atom. The fourth-order valence-corrected chi connectivity index (χ4v) is 2.23. The average molecular weight is 286 g/mol. The van der Waals surface area contributed by atoms with Crippen LogP contribution in [0.25, 0.3) is 0 Å². The lowest BCUT2D eigenvalue weighted by atomic mass is 10.1. The molecule has 1 saturated carbocycles. The molecule has 21 heavy (non-hydrogen) atoms. The molecule has 0 spiro atoms. The van der Waals surface area contributed by atoms with Gasteiger partial charge in [-0.3, -0.25) is 0 Å². The van der Waals surface area contributed by atoms with Gasteiger partial charge >= 0.3 is 0 Å². The summed E-state index contributed by atoms with van der Waals surface area (Å²) >= 11 is 0. The molecule has 1 heterocycles. The van der Waals surface area contributed by atoms with Crippen LogP contribution in [0.1, 0.15) is 30.1 Å². The summed E-state index contributed by atoms with van der Waals surface area (Å²) in [7, 11) is 1.85. The fourth-order valence-electron chi connectivity index (χ4n) is 2.23. The summed E-state index contributed by atoms with van der Waals surface area (Å²) in [6.45, 7) is 0.644. The number of anilines is 2. The van der Waals surface area contributed by atoms with E-state index in [1.165, 1.54) is 18.9 Å². The number of benzene rings is 1.